The van der Waals surface area contributed by atoms with Crippen LogP contribution in [-0.2, 0) is 4.79 Å². The number of nitrogens with zero attached hydrogens (tertiary/aromatic N) is 2. The summed E-state index contributed by atoms with van der Waals surface area (Å²) in [5.41, 5.74) is 1.63. The Morgan fingerprint density at radius 2 is 2.57 bits per heavy atom. The zero-order valence-electron chi connectivity index (χ0n) is 3.33. The molecule has 0 heterocycles. The van der Waals surface area contributed by atoms with Gasteiger partial charge in [-0.1, -0.05) is 5.28 Å². The maximum Gasteiger partial charge on any atom is 0.261 e. The van der Waals surface area contributed by atoms with E-state index in [1.807, 2.05) is 0 Å². The molecule has 7 heavy (non-hydrogen) atoms. The summed E-state index contributed by atoms with van der Waals surface area (Å²) < 4.78 is 0. The Morgan fingerprint density at radius 1 is 2.00 bits per heavy atom. The fourth-order valence-electron chi connectivity index (χ4n) is 0.0675. The van der Waals surface area contributed by atoms with Crippen LogP contribution in [0.3, 0.4) is 0 Å². The van der Waals surface area contributed by atoms with Crippen molar-refractivity contribution in [2.24, 2.45) is 10.9 Å². The molecule has 0 saturated heterocycles. The first-order valence-electron chi connectivity index (χ1n) is 1.34. The Hall–Kier alpha value is -0.940. The summed E-state index contributed by atoms with van der Waals surface area (Å²) in [6, 6.07) is 0. The number of rotatable bonds is 2. The molecular formula is CH4N4O2. The molecule has 0 spiro atoms. The number of hydrazine groups is 2. The van der Waals surface area contributed by atoms with Gasteiger partial charge >= 0.3 is 0 Å². The molecule has 0 unspecified atom stereocenters. The van der Waals surface area contributed by atoms with Gasteiger partial charge in [-0.2, -0.15) is 0 Å². The molecule has 0 aliphatic heterocycles. The number of hydrogen-bond acceptors (Lipinski definition) is 6. The molecule has 0 atom stereocenters. The molecular weight excluding hydrogens is 100 g/mol. The van der Waals surface area contributed by atoms with Crippen LogP contribution < -0.4 is 11.4 Å². The van der Waals surface area contributed by atoms with Gasteiger partial charge in [0, 0.05) is 0 Å². The Balaban J connectivity index is 3.35. The highest BCUT2D eigenvalue weighted by Gasteiger charge is 1.80. The molecule has 0 aliphatic carbocycles. The molecule has 0 bridgehead atoms. The van der Waals surface area contributed by atoms with E-state index in [1.165, 1.54) is 0 Å². The number of nitrogens with two attached hydrogens (primary N) is 1. The van der Waals surface area contributed by atoms with E-state index in [0.717, 1.165) is 6.08 Å². The normalized spacial score (nSPS) is 7.14. The van der Waals surface area contributed by atoms with E-state index in [0.29, 0.717) is 0 Å². The highest BCUT2D eigenvalue weighted by Crippen LogP contribution is 1.62. The van der Waals surface area contributed by atoms with Crippen LogP contribution in [0.5, 0.6) is 0 Å². The lowest BCUT2D eigenvalue weighted by Gasteiger charge is -2.00. The SMILES string of the molecule is NNN(O)N=C=O. The van der Waals surface area contributed by atoms with Crippen LogP contribution in [-0.4, -0.2) is 16.6 Å². The quantitative estimate of drug-likeness (QED) is 0.168. The van der Waals surface area contributed by atoms with Crippen LogP contribution in [0.2, 0.25) is 0 Å². The average Bonchev–Trinajstić information content (AvgIpc) is 1.68. The van der Waals surface area contributed by atoms with Crippen molar-refractivity contribution < 1.29 is 10.0 Å². The second-order valence-corrected chi connectivity index (χ2v) is 0.610. The van der Waals surface area contributed by atoms with Gasteiger partial charge in [0.25, 0.3) is 6.08 Å². The van der Waals surface area contributed by atoms with Gasteiger partial charge in [-0.25, -0.2) is 10.6 Å². The minimum Gasteiger partial charge on any atom is -0.255 e. The van der Waals surface area contributed by atoms with Crippen molar-refractivity contribution in [3.63, 3.8) is 0 Å². The topological polar surface area (TPSA) is 90.9 Å². The highest BCUT2D eigenvalue weighted by atomic mass is 16.6. The second-order valence-electron chi connectivity index (χ2n) is 0.610. The number of isocyanates is 1. The maximum absolute atomic E-state index is 9.19. The fourth-order valence-corrected chi connectivity index (χ4v) is 0.0675. The zero-order chi connectivity index (χ0) is 5.70. The van der Waals surface area contributed by atoms with E-state index >= 15 is 0 Å². The Kier molecular flexibility index (Phi) is 2.82. The summed E-state index contributed by atoms with van der Waals surface area (Å²) in [5, 5.41) is 10.7. The maximum atomic E-state index is 9.19. The van der Waals surface area contributed by atoms with Crippen molar-refractivity contribution >= 4 is 6.08 Å². The third-order valence-electron chi connectivity index (χ3n) is 0.251. The summed E-state index contributed by atoms with van der Waals surface area (Å²) in [7, 11) is 0. The molecule has 0 aliphatic rings. The third kappa shape index (κ3) is 2.87. The molecule has 0 fully saturated rings. The second kappa shape index (κ2) is 3.26. The monoisotopic (exact) mass is 104 g/mol. The van der Waals surface area contributed by atoms with Crippen molar-refractivity contribution in [2.75, 3.05) is 0 Å². The van der Waals surface area contributed by atoms with Gasteiger partial charge in [0.05, 0.1) is 0 Å². The molecule has 4 N–H and O–H groups in total. The van der Waals surface area contributed by atoms with E-state index < -0.39 is 0 Å². The molecule has 40 valence electrons. The molecule has 0 radical (unpaired) electrons. The lowest BCUT2D eigenvalue weighted by molar-refractivity contribution is -0.136. The highest BCUT2D eigenvalue weighted by molar-refractivity contribution is 5.31. The van der Waals surface area contributed by atoms with Crippen molar-refractivity contribution in [1.82, 2.24) is 10.8 Å². The summed E-state index contributed by atoms with van der Waals surface area (Å²) in [5.74, 6) is 4.51. The summed E-state index contributed by atoms with van der Waals surface area (Å²) >= 11 is 0. The van der Waals surface area contributed by atoms with Crippen LogP contribution in [0.1, 0.15) is 0 Å². The van der Waals surface area contributed by atoms with E-state index in [2.05, 4.69) is 10.9 Å². The minimum atomic E-state index is 0.0347. The van der Waals surface area contributed by atoms with Gasteiger partial charge in [-0.15, -0.1) is 5.53 Å². The van der Waals surface area contributed by atoms with Gasteiger partial charge in [0.1, 0.15) is 0 Å². The van der Waals surface area contributed by atoms with Crippen LogP contribution in [0.15, 0.2) is 5.10 Å². The first-order chi connectivity index (χ1) is 3.31. The molecule has 0 aromatic carbocycles. The zero-order valence-corrected chi connectivity index (χ0v) is 3.33. The van der Waals surface area contributed by atoms with Gasteiger partial charge in [0.2, 0.25) is 0 Å². The van der Waals surface area contributed by atoms with E-state index in [4.69, 9.17) is 5.21 Å². The third-order valence-corrected chi connectivity index (χ3v) is 0.251. The predicted octanol–water partition coefficient (Wildman–Crippen LogP) is -1.69. The van der Waals surface area contributed by atoms with Gasteiger partial charge in [-0.3, -0.25) is 5.21 Å². The first kappa shape index (κ1) is 6.06. The van der Waals surface area contributed by atoms with Crippen molar-refractivity contribution in [3.8, 4) is 0 Å². The average molecular weight is 104 g/mol. The molecule has 6 nitrogen and oxygen atoms in total. The Morgan fingerprint density at radius 3 is 2.71 bits per heavy atom. The van der Waals surface area contributed by atoms with Gasteiger partial charge in [-0.05, 0) is 5.10 Å². The molecule has 0 amide bonds. The molecule has 0 rings (SSSR count). The minimum absolute atomic E-state index is 0.0347. The summed E-state index contributed by atoms with van der Waals surface area (Å²) in [6.07, 6.45) is 1.03. The molecule has 0 saturated carbocycles. The van der Waals surface area contributed by atoms with E-state index in [1.54, 1.807) is 5.53 Å². The smallest absolute Gasteiger partial charge is 0.255 e. The van der Waals surface area contributed by atoms with Crippen LogP contribution in [0.4, 0.5) is 0 Å². The Bertz CT molecular complexity index is 85.7. The molecule has 6 heteroatoms. The largest absolute Gasteiger partial charge is 0.261 e. The predicted molar refractivity (Wildman–Crippen MR) is 19.1 cm³/mol. The van der Waals surface area contributed by atoms with Crippen molar-refractivity contribution in [2.45, 2.75) is 0 Å². The number of nitrogens with one attached hydrogen (secondary N) is 1. The Labute approximate surface area is 39.1 Å². The van der Waals surface area contributed by atoms with Crippen molar-refractivity contribution in [3.05, 3.63) is 0 Å². The first-order valence-corrected chi connectivity index (χ1v) is 1.34. The van der Waals surface area contributed by atoms with Gasteiger partial charge in [0.15, 0.2) is 0 Å². The van der Waals surface area contributed by atoms with Crippen LogP contribution >= 0.6 is 0 Å². The molecule has 0 aromatic rings. The van der Waals surface area contributed by atoms with Gasteiger partial charge < -0.3 is 0 Å². The summed E-state index contributed by atoms with van der Waals surface area (Å²) in [6.45, 7) is 0. The fraction of sp³-hybridized carbons (Fsp3) is 0. The van der Waals surface area contributed by atoms with Crippen molar-refractivity contribution in [1.29, 1.82) is 0 Å². The lowest BCUT2D eigenvalue weighted by Crippen LogP contribution is -2.36. The molecule has 0 aromatic heterocycles. The number of hydrazone groups is 1. The lowest BCUT2D eigenvalue weighted by atomic mass is 11.6. The van der Waals surface area contributed by atoms with Crippen LogP contribution in [0, 0.1) is 0 Å². The summed E-state index contributed by atoms with van der Waals surface area (Å²) in [4.78, 5) is 9.19. The van der Waals surface area contributed by atoms with Crippen LogP contribution in [0.25, 0.3) is 0 Å². The standard InChI is InChI=1S/CH4N4O2/c2-4-5(7)3-1-6/h4,7H,2H2. The number of carbonyl (C=O) groups excluding carboxylic acids is 1. The van der Waals surface area contributed by atoms with E-state index in [-0.39, 0.29) is 5.28 Å². The number of hydrogen-bond donors (Lipinski definition) is 3. The van der Waals surface area contributed by atoms with E-state index in [9.17, 15) is 4.79 Å².